The van der Waals surface area contributed by atoms with E-state index in [2.05, 4.69) is 17.9 Å². The summed E-state index contributed by atoms with van der Waals surface area (Å²) in [5.74, 6) is -0.0322. The number of hydrogen-bond donors (Lipinski definition) is 2. The quantitative estimate of drug-likeness (QED) is 0.793. The Morgan fingerprint density at radius 2 is 2.22 bits per heavy atom. The molecule has 1 N–H and O–H groups in total. The second-order valence-electron chi connectivity index (χ2n) is 4.44. The van der Waals surface area contributed by atoms with Crippen LogP contribution in [0.5, 0.6) is 0 Å². The molecule has 1 unspecified atom stereocenters. The molecule has 0 spiro atoms. The summed E-state index contributed by atoms with van der Waals surface area (Å²) in [5, 5.41) is 2.67. The van der Waals surface area contributed by atoms with E-state index >= 15 is 0 Å². The van der Waals surface area contributed by atoms with E-state index < -0.39 is 0 Å². The lowest BCUT2D eigenvalue weighted by Crippen LogP contribution is -2.26. The number of benzene rings is 1. The fourth-order valence-corrected chi connectivity index (χ4v) is 2.48. The molecule has 1 aromatic rings. The SMILES string of the molecule is CNC(=O)c1ccc(N2CC(S)CC2=O)c(C)c1. The third kappa shape index (κ3) is 2.36. The number of carbonyl (C=O) groups excluding carboxylic acids is 2. The lowest BCUT2D eigenvalue weighted by atomic mass is 10.1. The Kier molecular flexibility index (Phi) is 3.61. The average molecular weight is 264 g/mol. The molecular weight excluding hydrogens is 248 g/mol. The summed E-state index contributed by atoms with van der Waals surface area (Å²) in [5.41, 5.74) is 2.39. The number of aryl methyl sites for hydroxylation is 1. The van der Waals surface area contributed by atoms with Crippen LogP contribution in [0.4, 0.5) is 5.69 Å². The van der Waals surface area contributed by atoms with Gasteiger partial charge in [0.1, 0.15) is 0 Å². The van der Waals surface area contributed by atoms with Gasteiger partial charge in [0.15, 0.2) is 0 Å². The van der Waals surface area contributed by atoms with Crippen molar-refractivity contribution in [2.45, 2.75) is 18.6 Å². The Morgan fingerprint density at radius 1 is 1.50 bits per heavy atom. The Bertz CT molecular complexity index is 502. The van der Waals surface area contributed by atoms with Crippen molar-refractivity contribution in [3.63, 3.8) is 0 Å². The second-order valence-corrected chi connectivity index (χ2v) is 5.17. The summed E-state index contributed by atoms with van der Waals surface area (Å²) in [7, 11) is 1.60. The van der Waals surface area contributed by atoms with E-state index in [0.717, 1.165) is 11.3 Å². The van der Waals surface area contributed by atoms with Gasteiger partial charge in [-0.05, 0) is 30.7 Å². The minimum absolute atomic E-state index is 0.0887. The number of nitrogens with zero attached hydrogens (tertiary/aromatic N) is 1. The standard InChI is InChI=1S/C13H16N2O2S/c1-8-5-9(13(17)14-2)3-4-11(8)15-7-10(18)6-12(15)16/h3-5,10,18H,6-7H2,1-2H3,(H,14,17). The van der Waals surface area contributed by atoms with Crippen LogP contribution in [0.1, 0.15) is 22.3 Å². The maximum atomic E-state index is 11.8. The lowest BCUT2D eigenvalue weighted by molar-refractivity contribution is -0.117. The van der Waals surface area contributed by atoms with E-state index in [1.54, 1.807) is 24.1 Å². The minimum atomic E-state index is -0.121. The molecule has 0 saturated carbocycles. The van der Waals surface area contributed by atoms with E-state index in [1.165, 1.54) is 0 Å². The average Bonchev–Trinajstić information content (AvgIpc) is 2.67. The highest BCUT2D eigenvalue weighted by atomic mass is 32.1. The first kappa shape index (κ1) is 13.0. The molecule has 0 radical (unpaired) electrons. The van der Waals surface area contributed by atoms with Crippen molar-refractivity contribution in [3.05, 3.63) is 29.3 Å². The monoisotopic (exact) mass is 264 g/mol. The van der Waals surface area contributed by atoms with Crippen LogP contribution in [0.15, 0.2) is 18.2 Å². The van der Waals surface area contributed by atoms with E-state index in [-0.39, 0.29) is 17.1 Å². The van der Waals surface area contributed by atoms with Crippen LogP contribution in [0.25, 0.3) is 0 Å². The van der Waals surface area contributed by atoms with Crippen LogP contribution >= 0.6 is 12.6 Å². The molecule has 18 heavy (non-hydrogen) atoms. The van der Waals surface area contributed by atoms with Gasteiger partial charge in [-0.1, -0.05) is 0 Å². The number of thiol groups is 1. The van der Waals surface area contributed by atoms with Gasteiger partial charge in [-0.2, -0.15) is 12.6 Å². The number of anilines is 1. The third-order valence-electron chi connectivity index (χ3n) is 3.08. The van der Waals surface area contributed by atoms with Gasteiger partial charge in [-0.15, -0.1) is 0 Å². The highest BCUT2D eigenvalue weighted by molar-refractivity contribution is 7.81. The number of amides is 2. The predicted molar refractivity (Wildman–Crippen MR) is 74.3 cm³/mol. The number of rotatable bonds is 2. The molecule has 0 aromatic heterocycles. The Morgan fingerprint density at radius 3 is 2.72 bits per heavy atom. The third-order valence-corrected chi connectivity index (χ3v) is 3.43. The lowest BCUT2D eigenvalue weighted by Gasteiger charge is -2.19. The summed E-state index contributed by atoms with van der Waals surface area (Å²) in [6.45, 7) is 2.53. The molecule has 1 aliphatic rings. The van der Waals surface area contributed by atoms with Gasteiger partial charge in [-0.25, -0.2) is 0 Å². The zero-order chi connectivity index (χ0) is 13.3. The largest absolute Gasteiger partial charge is 0.355 e. The van der Waals surface area contributed by atoms with Crippen LogP contribution < -0.4 is 10.2 Å². The Balaban J connectivity index is 2.30. The first-order valence-corrected chi connectivity index (χ1v) is 6.35. The molecule has 1 aromatic carbocycles. The predicted octanol–water partition coefficient (Wildman–Crippen LogP) is 1.39. The fraction of sp³-hybridized carbons (Fsp3) is 0.385. The molecular formula is C13H16N2O2S. The molecule has 1 atom stereocenters. The first-order chi connectivity index (χ1) is 8.52. The molecule has 96 valence electrons. The van der Waals surface area contributed by atoms with Crippen LogP contribution in [-0.4, -0.2) is 30.7 Å². The highest BCUT2D eigenvalue weighted by Crippen LogP contribution is 2.27. The summed E-state index contributed by atoms with van der Waals surface area (Å²) in [6, 6.07) is 5.36. The van der Waals surface area contributed by atoms with Crippen molar-refractivity contribution in [3.8, 4) is 0 Å². The fourth-order valence-electron chi connectivity index (χ4n) is 2.17. The molecule has 1 fully saturated rings. The summed E-state index contributed by atoms with van der Waals surface area (Å²) >= 11 is 4.34. The smallest absolute Gasteiger partial charge is 0.251 e. The maximum Gasteiger partial charge on any atom is 0.251 e. The first-order valence-electron chi connectivity index (χ1n) is 5.84. The van der Waals surface area contributed by atoms with Crippen molar-refractivity contribution in [2.24, 2.45) is 0 Å². The van der Waals surface area contributed by atoms with Crippen molar-refractivity contribution >= 4 is 30.1 Å². The summed E-state index contributed by atoms with van der Waals surface area (Å²) in [6.07, 6.45) is 0.472. The van der Waals surface area contributed by atoms with Crippen LogP contribution in [0.2, 0.25) is 0 Å². The van der Waals surface area contributed by atoms with Gasteiger partial charge in [0, 0.05) is 36.5 Å². The maximum absolute atomic E-state index is 11.8. The van der Waals surface area contributed by atoms with Crippen molar-refractivity contribution in [1.29, 1.82) is 0 Å². The zero-order valence-corrected chi connectivity index (χ0v) is 11.3. The normalized spacial score (nSPS) is 19.2. The molecule has 0 aliphatic carbocycles. The highest BCUT2D eigenvalue weighted by Gasteiger charge is 2.29. The van der Waals surface area contributed by atoms with Gasteiger partial charge in [-0.3, -0.25) is 9.59 Å². The van der Waals surface area contributed by atoms with Gasteiger partial charge in [0.05, 0.1) is 0 Å². The second kappa shape index (κ2) is 5.02. The molecule has 5 heteroatoms. The van der Waals surface area contributed by atoms with E-state index in [9.17, 15) is 9.59 Å². The van der Waals surface area contributed by atoms with Crippen LogP contribution in [0, 0.1) is 6.92 Å². The molecule has 2 rings (SSSR count). The minimum Gasteiger partial charge on any atom is -0.355 e. The van der Waals surface area contributed by atoms with E-state index in [0.29, 0.717) is 18.5 Å². The molecule has 1 aliphatic heterocycles. The number of carbonyl (C=O) groups is 2. The van der Waals surface area contributed by atoms with Crippen molar-refractivity contribution in [2.75, 3.05) is 18.5 Å². The van der Waals surface area contributed by atoms with Crippen LogP contribution in [0.3, 0.4) is 0 Å². The van der Waals surface area contributed by atoms with Gasteiger partial charge >= 0.3 is 0 Å². The molecule has 0 bridgehead atoms. The zero-order valence-electron chi connectivity index (χ0n) is 10.4. The van der Waals surface area contributed by atoms with Gasteiger partial charge in [0.2, 0.25) is 5.91 Å². The summed E-state index contributed by atoms with van der Waals surface area (Å²) in [4.78, 5) is 25.1. The van der Waals surface area contributed by atoms with E-state index in [1.807, 2.05) is 13.0 Å². The topological polar surface area (TPSA) is 49.4 Å². The summed E-state index contributed by atoms with van der Waals surface area (Å²) < 4.78 is 0. The van der Waals surface area contributed by atoms with Crippen molar-refractivity contribution in [1.82, 2.24) is 5.32 Å². The van der Waals surface area contributed by atoms with E-state index in [4.69, 9.17) is 0 Å². The molecule has 1 saturated heterocycles. The Labute approximate surface area is 112 Å². The molecule has 2 amide bonds. The van der Waals surface area contributed by atoms with Gasteiger partial charge < -0.3 is 10.2 Å². The molecule has 4 nitrogen and oxygen atoms in total. The number of nitrogens with one attached hydrogen (secondary N) is 1. The molecule has 1 heterocycles. The van der Waals surface area contributed by atoms with Gasteiger partial charge in [0.25, 0.3) is 5.91 Å². The van der Waals surface area contributed by atoms with Crippen molar-refractivity contribution < 1.29 is 9.59 Å². The number of hydrogen-bond acceptors (Lipinski definition) is 3. The van der Waals surface area contributed by atoms with Crippen LogP contribution in [-0.2, 0) is 4.79 Å². The Hall–Kier alpha value is -1.49.